The number of nitrogens with one attached hydrogen (secondary N) is 1. The molecular formula is C14H12N2O4. The molecule has 0 atom stereocenters. The number of hydrogen-bond acceptors (Lipinski definition) is 5. The Kier molecular flexibility index (Phi) is 2.90. The number of rotatable bonds is 4. The fourth-order valence-corrected chi connectivity index (χ4v) is 1.93. The van der Waals surface area contributed by atoms with E-state index in [0.717, 1.165) is 16.8 Å². The highest BCUT2D eigenvalue weighted by Crippen LogP contribution is 2.20. The maximum absolute atomic E-state index is 10.7. The minimum atomic E-state index is -1.00. The highest BCUT2D eigenvalue weighted by Gasteiger charge is 2.08. The second kappa shape index (κ2) is 4.73. The van der Waals surface area contributed by atoms with Gasteiger partial charge in [0.25, 0.3) is 0 Å². The first-order chi connectivity index (χ1) is 9.61. The number of oxazole rings is 1. The van der Waals surface area contributed by atoms with E-state index in [9.17, 15) is 4.79 Å². The Labute approximate surface area is 114 Å². The van der Waals surface area contributed by atoms with Crippen LogP contribution < -0.4 is 5.32 Å². The summed E-state index contributed by atoms with van der Waals surface area (Å²) in [7, 11) is 0. The second-order valence-corrected chi connectivity index (χ2v) is 4.38. The molecule has 0 bridgehead atoms. The van der Waals surface area contributed by atoms with Crippen molar-refractivity contribution < 1.29 is 18.7 Å². The highest BCUT2D eigenvalue weighted by atomic mass is 16.4. The molecule has 1 aromatic carbocycles. The van der Waals surface area contributed by atoms with Crippen LogP contribution in [0.4, 0.5) is 5.69 Å². The van der Waals surface area contributed by atoms with Crippen LogP contribution in [0.1, 0.15) is 22.0 Å². The Morgan fingerprint density at radius 2 is 2.25 bits per heavy atom. The molecule has 0 saturated heterocycles. The Morgan fingerprint density at radius 1 is 1.40 bits per heavy atom. The van der Waals surface area contributed by atoms with Crippen molar-refractivity contribution in [1.29, 1.82) is 0 Å². The summed E-state index contributed by atoms with van der Waals surface area (Å²) in [5.41, 5.74) is 2.51. The van der Waals surface area contributed by atoms with E-state index in [-0.39, 0.29) is 5.56 Å². The Bertz CT molecular complexity index is 772. The minimum Gasteiger partial charge on any atom is -0.478 e. The van der Waals surface area contributed by atoms with Crippen LogP contribution in [0.15, 0.2) is 39.4 Å². The summed E-state index contributed by atoms with van der Waals surface area (Å²) in [6, 6.07) is 7.07. The van der Waals surface area contributed by atoms with Gasteiger partial charge in [-0.25, -0.2) is 9.78 Å². The van der Waals surface area contributed by atoms with Gasteiger partial charge in [-0.1, -0.05) is 0 Å². The monoisotopic (exact) mass is 272 g/mol. The van der Waals surface area contributed by atoms with Crippen LogP contribution in [0, 0.1) is 6.92 Å². The fraction of sp³-hybridized carbons (Fsp3) is 0.143. The third-order valence-corrected chi connectivity index (χ3v) is 2.86. The molecular weight excluding hydrogens is 260 g/mol. The summed E-state index contributed by atoms with van der Waals surface area (Å²) >= 11 is 0. The molecule has 0 amide bonds. The van der Waals surface area contributed by atoms with Gasteiger partial charge in [0, 0.05) is 12.6 Å². The molecule has 6 nitrogen and oxygen atoms in total. The van der Waals surface area contributed by atoms with Gasteiger partial charge in [-0.05, 0) is 24.3 Å². The van der Waals surface area contributed by atoms with Crippen molar-refractivity contribution in [3.63, 3.8) is 0 Å². The number of aryl methyl sites for hydroxylation is 1. The predicted molar refractivity (Wildman–Crippen MR) is 71.7 cm³/mol. The molecule has 0 aliphatic carbocycles. The standard InChI is InChI=1S/C14H12N2O4/c1-8-16-12-5-10(2-3-13(12)20-8)15-6-11-4-9(7-19-11)14(17)18/h2-5,7,15H,6H2,1H3,(H,17,18). The number of fused-ring (bicyclic) bond motifs is 1. The molecule has 0 fully saturated rings. The number of hydrogen-bond donors (Lipinski definition) is 2. The molecule has 2 N–H and O–H groups in total. The molecule has 6 heteroatoms. The van der Waals surface area contributed by atoms with E-state index in [1.54, 1.807) is 6.92 Å². The van der Waals surface area contributed by atoms with E-state index >= 15 is 0 Å². The van der Waals surface area contributed by atoms with Crippen molar-refractivity contribution in [2.45, 2.75) is 13.5 Å². The molecule has 2 heterocycles. The topological polar surface area (TPSA) is 88.5 Å². The van der Waals surface area contributed by atoms with Crippen molar-refractivity contribution in [3.8, 4) is 0 Å². The van der Waals surface area contributed by atoms with E-state index in [0.29, 0.717) is 18.2 Å². The third kappa shape index (κ3) is 2.35. The lowest BCUT2D eigenvalue weighted by Crippen LogP contribution is -1.98. The summed E-state index contributed by atoms with van der Waals surface area (Å²) < 4.78 is 10.6. The van der Waals surface area contributed by atoms with Crippen LogP contribution in [0.5, 0.6) is 0 Å². The van der Waals surface area contributed by atoms with Gasteiger partial charge in [0.15, 0.2) is 11.5 Å². The number of carbonyl (C=O) groups is 1. The lowest BCUT2D eigenvalue weighted by atomic mass is 10.2. The molecule has 0 unspecified atom stereocenters. The zero-order chi connectivity index (χ0) is 14.1. The van der Waals surface area contributed by atoms with Crippen LogP contribution in [-0.4, -0.2) is 16.1 Å². The summed E-state index contributed by atoms with van der Waals surface area (Å²) in [4.78, 5) is 15.0. The second-order valence-electron chi connectivity index (χ2n) is 4.38. The summed E-state index contributed by atoms with van der Waals surface area (Å²) in [6.07, 6.45) is 1.23. The summed E-state index contributed by atoms with van der Waals surface area (Å²) in [5, 5.41) is 12.0. The van der Waals surface area contributed by atoms with Gasteiger partial charge >= 0.3 is 5.97 Å². The Morgan fingerprint density at radius 3 is 3.00 bits per heavy atom. The van der Waals surface area contributed by atoms with Gasteiger partial charge in [-0.3, -0.25) is 0 Å². The molecule has 3 rings (SSSR count). The highest BCUT2D eigenvalue weighted by molar-refractivity contribution is 5.87. The van der Waals surface area contributed by atoms with Gasteiger partial charge < -0.3 is 19.3 Å². The van der Waals surface area contributed by atoms with Gasteiger partial charge in [-0.2, -0.15) is 0 Å². The summed E-state index contributed by atoms with van der Waals surface area (Å²) in [6.45, 7) is 2.19. The third-order valence-electron chi connectivity index (χ3n) is 2.86. The summed E-state index contributed by atoms with van der Waals surface area (Å²) in [5.74, 6) is 0.174. The van der Waals surface area contributed by atoms with Gasteiger partial charge in [0.2, 0.25) is 0 Å². The molecule has 2 aromatic heterocycles. The minimum absolute atomic E-state index is 0.143. The van der Waals surface area contributed by atoms with Crippen molar-refractivity contribution in [1.82, 2.24) is 4.98 Å². The van der Waals surface area contributed by atoms with E-state index in [4.69, 9.17) is 13.9 Å². The number of carboxylic acid groups (broad SMARTS) is 1. The molecule has 3 aromatic rings. The number of aromatic carboxylic acids is 1. The van der Waals surface area contributed by atoms with E-state index in [2.05, 4.69) is 10.3 Å². The number of furan rings is 1. The molecule has 20 heavy (non-hydrogen) atoms. The molecule has 0 aliphatic rings. The maximum atomic E-state index is 10.7. The number of benzene rings is 1. The molecule has 0 radical (unpaired) electrons. The van der Waals surface area contributed by atoms with Gasteiger partial charge in [-0.15, -0.1) is 0 Å². The fourth-order valence-electron chi connectivity index (χ4n) is 1.93. The number of carboxylic acids is 1. The smallest absolute Gasteiger partial charge is 0.338 e. The first-order valence-corrected chi connectivity index (χ1v) is 6.03. The van der Waals surface area contributed by atoms with E-state index < -0.39 is 5.97 Å². The SMILES string of the molecule is Cc1nc2cc(NCc3cc(C(=O)O)co3)ccc2o1. The average Bonchev–Trinajstić information content (AvgIpc) is 3.00. The van der Waals surface area contributed by atoms with Crippen LogP contribution in [-0.2, 0) is 6.54 Å². The van der Waals surface area contributed by atoms with Crippen molar-refractivity contribution in [2.24, 2.45) is 0 Å². The van der Waals surface area contributed by atoms with Gasteiger partial charge in [0.1, 0.15) is 17.5 Å². The zero-order valence-corrected chi connectivity index (χ0v) is 10.7. The van der Waals surface area contributed by atoms with E-state index in [1.165, 1.54) is 12.3 Å². The quantitative estimate of drug-likeness (QED) is 0.758. The van der Waals surface area contributed by atoms with Gasteiger partial charge in [0.05, 0.1) is 12.1 Å². The van der Waals surface area contributed by atoms with Crippen LogP contribution in [0.2, 0.25) is 0 Å². The average molecular weight is 272 g/mol. The molecule has 0 saturated carbocycles. The Hall–Kier alpha value is -2.76. The van der Waals surface area contributed by atoms with Crippen molar-refractivity contribution in [3.05, 3.63) is 47.7 Å². The predicted octanol–water partition coefficient (Wildman–Crippen LogP) is 3.04. The van der Waals surface area contributed by atoms with Crippen LogP contribution in [0.25, 0.3) is 11.1 Å². The van der Waals surface area contributed by atoms with Crippen molar-refractivity contribution in [2.75, 3.05) is 5.32 Å². The Balaban J connectivity index is 1.73. The molecule has 0 spiro atoms. The number of aromatic nitrogens is 1. The lowest BCUT2D eigenvalue weighted by molar-refractivity contribution is 0.0696. The number of anilines is 1. The van der Waals surface area contributed by atoms with Crippen molar-refractivity contribution >= 4 is 22.8 Å². The normalized spacial score (nSPS) is 10.8. The first kappa shape index (κ1) is 12.3. The largest absolute Gasteiger partial charge is 0.478 e. The van der Waals surface area contributed by atoms with Crippen LogP contribution in [0.3, 0.4) is 0 Å². The molecule has 0 aliphatic heterocycles. The maximum Gasteiger partial charge on any atom is 0.338 e. The molecule has 102 valence electrons. The first-order valence-electron chi connectivity index (χ1n) is 6.03. The zero-order valence-electron chi connectivity index (χ0n) is 10.7. The number of nitrogens with zero attached hydrogens (tertiary/aromatic N) is 1. The lowest BCUT2D eigenvalue weighted by Gasteiger charge is -2.03. The van der Waals surface area contributed by atoms with Crippen LogP contribution >= 0.6 is 0 Å². The van der Waals surface area contributed by atoms with E-state index in [1.807, 2.05) is 18.2 Å².